The van der Waals surface area contributed by atoms with Gasteiger partial charge in [0.1, 0.15) is 11.7 Å². The number of carbonyl (C=O) groups is 1. The minimum absolute atomic E-state index is 0.0191. The number of rotatable bonds is 1. The van der Waals surface area contributed by atoms with Gasteiger partial charge in [-0.2, -0.15) is 27.1 Å². The van der Waals surface area contributed by atoms with Gasteiger partial charge in [0.25, 0.3) is 0 Å². The molecule has 1 amide bonds. The van der Waals surface area contributed by atoms with Crippen molar-refractivity contribution in [2.75, 3.05) is 13.1 Å². The van der Waals surface area contributed by atoms with Crippen LogP contribution < -0.4 is 5.73 Å². The number of nitrogens with zero attached hydrogens (tertiary/aromatic N) is 4. The van der Waals surface area contributed by atoms with Crippen molar-refractivity contribution in [1.82, 2.24) is 4.90 Å². The molecule has 0 fully saturated rings. The zero-order chi connectivity index (χ0) is 21.4. The molecule has 0 saturated carbocycles. The molecule has 0 spiro atoms. The van der Waals surface area contributed by atoms with Gasteiger partial charge < -0.3 is 15.4 Å². The van der Waals surface area contributed by atoms with Gasteiger partial charge in [-0.1, -0.05) is 6.08 Å². The van der Waals surface area contributed by atoms with Crippen molar-refractivity contribution in [3.63, 3.8) is 0 Å². The highest BCUT2D eigenvalue weighted by Gasteiger charge is 2.55. The van der Waals surface area contributed by atoms with E-state index in [0.29, 0.717) is 5.57 Å². The van der Waals surface area contributed by atoms with Crippen LogP contribution in [0, 0.1) is 45.3 Å². The Hall–Kier alpha value is -3.28. The van der Waals surface area contributed by atoms with Gasteiger partial charge in [0.2, 0.25) is 0 Å². The Bertz CT molecular complexity index is 997. The van der Waals surface area contributed by atoms with Gasteiger partial charge in [-0.25, -0.2) is 4.79 Å². The lowest BCUT2D eigenvalue weighted by Crippen LogP contribution is -2.50. The summed E-state index contributed by atoms with van der Waals surface area (Å²) in [6.07, 6.45) is 1.30. The van der Waals surface area contributed by atoms with E-state index in [9.17, 15) is 20.6 Å². The van der Waals surface area contributed by atoms with Crippen molar-refractivity contribution in [3.8, 4) is 18.2 Å². The molecule has 1 aromatic heterocycles. The van der Waals surface area contributed by atoms with Gasteiger partial charge in [0.15, 0.2) is 5.41 Å². The number of fused-ring (bicyclic) bond motifs is 1. The van der Waals surface area contributed by atoms with E-state index in [1.165, 1.54) is 16.2 Å². The van der Waals surface area contributed by atoms with Crippen molar-refractivity contribution in [2.24, 2.45) is 17.1 Å². The number of hydrogen-bond acceptors (Lipinski definition) is 7. The summed E-state index contributed by atoms with van der Waals surface area (Å²) in [6, 6.07) is 8.10. The third-order valence-electron chi connectivity index (χ3n) is 5.22. The third-order valence-corrected chi connectivity index (χ3v) is 5.92. The Kier molecular flexibility index (Phi) is 5.13. The molecule has 2 atom stereocenters. The number of ether oxygens (including phenoxy) is 1. The first kappa shape index (κ1) is 20.5. The quantitative estimate of drug-likeness (QED) is 0.760. The summed E-state index contributed by atoms with van der Waals surface area (Å²) in [5, 5.41) is 33.5. The maximum absolute atomic E-state index is 12.6. The smallest absolute Gasteiger partial charge is 0.410 e. The number of nitrogens with two attached hydrogens (primary N) is 1. The highest BCUT2D eigenvalue weighted by atomic mass is 32.1. The van der Waals surface area contributed by atoms with Gasteiger partial charge in [0.05, 0.1) is 23.4 Å². The molecule has 0 radical (unpaired) electrons. The second-order valence-electron chi connectivity index (χ2n) is 8.12. The molecule has 7 nitrogen and oxygen atoms in total. The van der Waals surface area contributed by atoms with Crippen LogP contribution in [0.2, 0.25) is 0 Å². The zero-order valence-electron chi connectivity index (χ0n) is 16.5. The number of thiophene rings is 1. The maximum atomic E-state index is 12.6. The number of amides is 1. The summed E-state index contributed by atoms with van der Waals surface area (Å²) in [6.45, 7) is 5.86. The van der Waals surface area contributed by atoms with Gasteiger partial charge in [-0.05, 0) is 48.7 Å². The molecule has 1 aliphatic carbocycles. The van der Waals surface area contributed by atoms with Crippen LogP contribution in [-0.4, -0.2) is 29.7 Å². The van der Waals surface area contributed by atoms with E-state index in [2.05, 4.69) is 18.2 Å². The predicted molar refractivity (Wildman–Crippen MR) is 107 cm³/mol. The Balaban J connectivity index is 2.14. The molecule has 0 unspecified atom stereocenters. The zero-order valence-corrected chi connectivity index (χ0v) is 17.3. The molecular formula is C21H21N5O2S. The lowest BCUT2D eigenvalue weighted by Gasteiger charge is -2.45. The molecule has 0 aromatic carbocycles. The monoisotopic (exact) mass is 407 g/mol. The van der Waals surface area contributed by atoms with Crippen molar-refractivity contribution in [1.29, 1.82) is 15.8 Å². The largest absolute Gasteiger partial charge is 0.444 e. The van der Waals surface area contributed by atoms with Crippen LogP contribution in [0.15, 0.2) is 39.7 Å². The summed E-state index contributed by atoms with van der Waals surface area (Å²) < 4.78 is 5.49. The molecule has 0 saturated heterocycles. The van der Waals surface area contributed by atoms with Gasteiger partial charge in [0, 0.05) is 24.9 Å². The first-order valence-electron chi connectivity index (χ1n) is 9.11. The SMILES string of the molecule is CC(C)(C)OC(=O)N1CC=C2C(C#N)=C(N)C(C#N)(C#N)[C@H](c3ccsc3)[C@@H]2C1. The van der Waals surface area contributed by atoms with E-state index in [1.807, 2.05) is 16.8 Å². The average Bonchev–Trinajstić information content (AvgIpc) is 3.19. The highest BCUT2D eigenvalue weighted by molar-refractivity contribution is 7.08. The summed E-state index contributed by atoms with van der Waals surface area (Å²) in [7, 11) is 0. The molecule has 3 rings (SSSR count). The molecule has 8 heteroatoms. The topological polar surface area (TPSA) is 127 Å². The normalized spacial score (nSPS) is 23.2. The van der Waals surface area contributed by atoms with E-state index in [4.69, 9.17) is 10.5 Å². The van der Waals surface area contributed by atoms with Crippen LogP contribution in [0.3, 0.4) is 0 Å². The van der Waals surface area contributed by atoms with E-state index in [0.717, 1.165) is 5.56 Å². The third kappa shape index (κ3) is 3.35. The minimum atomic E-state index is -1.69. The molecule has 0 bridgehead atoms. The van der Waals surface area contributed by atoms with Crippen molar-refractivity contribution in [2.45, 2.75) is 32.3 Å². The van der Waals surface area contributed by atoms with E-state index in [-0.39, 0.29) is 24.4 Å². The van der Waals surface area contributed by atoms with Crippen molar-refractivity contribution < 1.29 is 9.53 Å². The summed E-state index contributed by atoms with van der Waals surface area (Å²) in [4.78, 5) is 14.2. The number of allylic oxidation sites excluding steroid dienone is 2. The summed E-state index contributed by atoms with van der Waals surface area (Å²) in [5.74, 6) is -1.02. The minimum Gasteiger partial charge on any atom is -0.444 e. The standard InChI is InChI=1S/C21H21N5O2S/c1-20(2,3)28-19(27)26-6-4-14-15(8-22)18(25)21(11-23,12-24)17(16(14)9-26)13-5-7-29-10-13/h4-5,7,10,16-17H,6,9,25H2,1-3H3/t16-,17-/m1/s1. The fourth-order valence-electron chi connectivity index (χ4n) is 3.98. The lowest BCUT2D eigenvalue weighted by atomic mass is 9.58. The molecular weight excluding hydrogens is 386 g/mol. The molecule has 2 N–H and O–H groups in total. The molecule has 1 aliphatic heterocycles. The lowest BCUT2D eigenvalue weighted by molar-refractivity contribution is 0.0225. The molecule has 1 aromatic rings. The maximum Gasteiger partial charge on any atom is 0.410 e. The Morgan fingerprint density at radius 2 is 2.03 bits per heavy atom. The van der Waals surface area contributed by atoms with E-state index >= 15 is 0 Å². The first-order chi connectivity index (χ1) is 13.7. The summed E-state index contributed by atoms with van der Waals surface area (Å²) >= 11 is 1.45. The second-order valence-corrected chi connectivity index (χ2v) is 8.90. The van der Waals surface area contributed by atoms with Crippen LogP contribution in [0.5, 0.6) is 0 Å². The van der Waals surface area contributed by atoms with Crippen LogP contribution in [0.4, 0.5) is 4.79 Å². The van der Waals surface area contributed by atoms with Crippen molar-refractivity contribution >= 4 is 17.4 Å². The average molecular weight is 407 g/mol. The van der Waals surface area contributed by atoms with Crippen LogP contribution in [0.25, 0.3) is 0 Å². The molecule has 2 aliphatic rings. The Labute approximate surface area is 173 Å². The van der Waals surface area contributed by atoms with E-state index < -0.39 is 28.9 Å². The Morgan fingerprint density at radius 1 is 1.34 bits per heavy atom. The number of hydrogen-bond donors (Lipinski definition) is 1. The first-order valence-corrected chi connectivity index (χ1v) is 10.1. The number of carbonyl (C=O) groups excluding carboxylic acids is 1. The van der Waals surface area contributed by atoms with Crippen LogP contribution in [0.1, 0.15) is 32.3 Å². The van der Waals surface area contributed by atoms with E-state index in [1.54, 1.807) is 26.8 Å². The van der Waals surface area contributed by atoms with Crippen LogP contribution in [-0.2, 0) is 4.74 Å². The molecule has 29 heavy (non-hydrogen) atoms. The second kappa shape index (κ2) is 7.28. The number of nitriles is 3. The fraction of sp³-hybridized carbons (Fsp3) is 0.429. The molecule has 2 heterocycles. The van der Waals surface area contributed by atoms with Crippen LogP contribution >= 0.6 is 11.3 Å². The Morgan fingerprint density at radius 3 is 2.55 bits per heavy atom. The molecule has 148 valence electrons. The predicted octanol–water partition coefficient (Wildman–Crippen LogP) is 3.41. The fourth-order valence-corrected chi connectivity index (χ4v) is 4.68. The van der Waals surface area contributed by atoms with Gasteiger partial charge >= 0.3 is 6.09 Å². The highest BCUT2D eigenvalue weighted by Crippen LogP contribution is 2.54. The van der Waals surface area contributed by atoms with Crippen molar-refractivity contribution in [3.05, 3.63) is 45.3 Å². The van der Waals surface area contributed by atoms with Gasteiger partial charge in [-0.15, -0.1) is 0 Å². The van der Waals surface area contributed by atoms with Gasteiger partial charge in [-0.3, -0.25) is 0 Å². The summed E-state index contributed by atoms with van der Waals surface area (Å²) in [5.41, 5.74) is 5.52.